The second-order valence-electron chi connectivity index (χ2n) is 7.67. The number of Topliss-reactive ketones (excluding diaryl/α,β-unsaturated/α-hetero) is 1. The molecule has 0 aliphatic carbocycles. The molecule has 1 aliphatic rings. The van der Waals surface area contributed by atoms with E-state index in [-0.39, 0.29) is 12.1 Å². The Morgan fingerprint density at radius 3 is 2.59 bits per heavy atom. The zero-order chi connectivity index (χ0) is 23.0. The van der Waals surface area contributed by atoms with Crippen LogP contribution in [0.3, 0.4) is 0 Å². The third-order valence-corrected chi connectivity index (χ3v) is 5.48. The zero-order valence-corrected chi connectivity index (χ0v) is 17.4. The predicted molar refractivity (Wildman–Crippen MR) is 113 cm³/mol. The number of fused-ring (bicyclic) bond motifs is 1. The van der Waals surface area contributed by atoms with Crippen LogP contribution in [0.4, 0.5) is 14.5 Å². The van der Waals surface area contributed by atoms with Crippen LogP contribution in [0.2, 0.25) is 0 Å². The number of carbonyl (C=O) groups is 3. The van der Waals surface area contributed by atoms with Gasteiger partial charge < -0.3 is 14.6 Å². The van der Waals surface area contributed by atoms with E-state index in [0.717, 1.165) is 11.8 Å². The standard InChI is InChI=1S/C24H20F2N2O4/c1-13-8-19(14(2)28(13)17-5-3-4-15(25)9-17)22(29)12-32-24(31)20-11-23(30)27-21-10-16(26)6-7-18(20)21/h3-10,20H,11-12H2,1-2H3,(H,27,30). The third kappa shape index (κ3) is 4.03. The number of aryl methyl sites for hydroxylation is 1. The van der Waals surface area contributed by atoms with Crippen LogP contribution in [0.5, 0.6) is 0 Å². The summed E-state index contributed by atoms with van der Waals surface area (Å²) in [7, 11) is 0. The van der Waals surface area contributed by atoms with Crippen LogP contribution in [0.25, 0.3) is 5.69 Å². The van der Waals surface area contributed by atoms with E-state index < -0.39 is 41.8 Å². The van der Waals surface area contributed by atoms with Crippen molar-refractivity contribution in [1.29, 1.82) is 0 Å². The number of rotatable bonds is 5. The fourth-order valence-corrected chi connectivity index (χ4v) is 4.02. The molecule has 4 rings (SSSR count). The van der Waals surface area contributed by atoms with Gasteiger partial charge in [0.25, 0.3) is 0 Å². The summed E-state index contributed by atoms with van der Waals surface area (Å²) >= 11 is 0. The van der Waals surface area contributed by atoms with E-state index in [9.17, 15) is 23.2 Å². The average molecular weight is 438 g/mol. The molecular formula is C24H20F2N2O4. The van der Waals surface area contributed by atoms with Crippen molar-refractivity contribution in [1.82, 2.24) is 4.57 Å². The monoisotopic (exact) mass is 438 g/mol. The SMILES string of the molecule is Cc1cc(C(=O)COC(=O)C2CC(=O)Nc3cc(F)ccc32)c(C)n1-c1cccc(F)c1. The number of carbonyl (C=O) groups excluding carboxylic acids is 3. The van der Waals surface area contributed by atoms with Gasteiger partial charge in [0.05, 0.1) is 5.92 Å². The fraction of sp³-hybridized carbons (Fsp3) is 0.208. The molecule has 1 aliphatic heterocycles. The van der Waals surface area contributed by atoms with E-state index in [1.807, 2.05) is 0 Å². The Balaban J connectivity index is 1.51. The summed E-state index contributed by atoms with van der Waals surface area (Å²) in [6.45, 7) is 3.00. The van der Waals surface area contributed by atoms with Crippen molar-refractivity contribution >= 4 is 23.3 Å². The van der Waals surface area contributed by atoms with Crippen molar-refractivity contribution in [2.45, 2.75) is 26.2 Å². The Morgan fingerprint density at radius 2 is 1.84 bits per heavy atom. The van der Waals surface area contributed by atoms with E-state index in [4.69, 9.17) is 4.74 Å². The topological polar surface area (TPSA) is 77.4 Å². The van der Waals surface area contributed by atoms with Gasteiger partial charge >= 0.3 is 5.97 Å². The summed E-state index contributed by atoms with van der Waals surface area (Å²) in [5, 5.41) is 2.53. The van der Waals surface area contributed by atoms with Crippen LogP contribution in [-0.4, -0.2) is 28.8 Å². The number of hydrogen-bond donors (Lipinski definition) is 1. The summed E-state index contributed by atoms with van der Waals surface area (Å²) in [4.78, 5) is 37.3. The van der Waals surface area contributed by atoms with Crippen LogP contribution in [-0.2, 0) is 14.3 Å². The lowest BCUT2D eigenvalue weighted by molar-refractivity contribution is -0.145. The number of anilines is 1. The molecule has 32 heavy (non-hydrogen) atoms. The lowest BCUT2D eigenvalue weighted by atomic mass is 9.90. The second-order valence-corrected chi connectivity index (χ2v) is 7.67. The maximum absolute atomic E-state index is 13.6. The van der Waals surface area contributed by atoms with Crippen LogP contribution in [0.15, 0.2) is 48.5 Å². The maximum Gasteiger partial charge on any atom is 0.314 e. The van der Waals surface area contributed by atoms with Crippen LogP contribution in [0.1, 0.15) is 39.6 Å². The summed E-state index contributed by atoms with van der Waals surface area (Å²) in [6.07, 6.45) is -0.153. The molecule has 1 unspecified atom stereocenters. The first-order chi connectivity index (χ1) is 15.2. The molecule has 0 fully saturated rings. The second kappa shape index (κ2) is 8.37. The van der Waals surface area contributed by atoms with E-state index >= 15 is 0 Å². The van der Waals surface area contributed by atoms with Gasteiger partial charge in [-0.05, 0) is 55.8 Å². The van der Waals surface area contributed by atoms with Gasteiger partial charge in [-0.2, -0.15) is 0 Å². The van der Waals surface area contributed by atoms with E-state index in [1.54, 1.807) is 36.6 Å². The predicted octanol–water partition coefficient (Wildman–Crippen LogP) is 4.22. The molecule has 0 spiro atoms. The number of benzene rings is 2. The minimum Gasteiger partial charge on any atom is -0.457 e. The molecule has 0 saturated heterocycles. The highest BCUT2D eigenvalue weighted by Gasteiger charge is 2.32. The Hall–Kier alpha value is -3.81. The minimum atomic E-state index is -0.924. The summed E-state index contributed by atoms with van der Waals surface area (Å²) in [6, 6.07) is 11.4. The molecule has 1 amide bonds. The van der Waals surface area contributed by atoms with Crippen molar-refractivity contribution in [3.05, 3.63) is 82.7 Å². The number of ketones is 1. The first-order valence-corrected chi connectivity index (χ1v) is 9.98. The van der Waals surface area contributed by atoms with Gasteiger partial charge in [-0.25, -0.2) is 8.78 Å². The van der Waals surface area contributed by atoms with Crippen LogP contribution < -0.4 is 5.32 Å². The van der Waals surface area contributed by atoms with Crippen molar-refractivity contribution in [2.75, 3.05) is 11.9 Å². The number of esters is 1. The lowest BCUT2D eigenvalue weighted by Crippen LogP contribution is -2.29. The molecule has 8 heteroatoms. The van der Waals surface area contributed by atoms with Gasteiger partial charge in [0, 0.05) is 34.7 Å². The Labute approximate surface area is 182 Å². The van der Waals surface area contributed by atoms with Crippen molar-refractivity contribution in [2.24, 2.45) is 0 Å². The number of hydrogen-bond acceptors (Lipinski definition) is 4. The highest BCUT2D eigenvalue weighted by molar-refractivity contribution is 6.02. The molecule has 1 aromatic heterocycles. The molecule has 1 N–H and O–H groups in total. The number of nitrogens with one attached hydrogen (secondary N) is 1. The summed E-state index contributed by atoms with van der Waals surface area (Å²) in [5.41, 5.74) is 2.90. The van der Waals surface area contributed by atoms with Gasteiger partial charge in [-0.15, -0.1) is 0 Å². The van der Waals surface area contributed by atoms with E-state index in [2.05, 4.69) is 5.32 Å². The molecule has 2 aromatic carbocycles. The molecule has 0 radical (unpaired) electrons. The minimum absolute atomic E-state index is 0.153. The van der Waals surface area contributed by atoms with Crippen molar-refractivity contribution in [3.63, 3.8) is 0 Å². The van der Waals surface area contributed by atoms with Crippen molar-refractivity contribution in [3.8, 4) is 5.69 Å². The summed E-state index contributed by atoms with van der Waals surface area (Å²) < 4.78 is 34.1. The molecule has 164 valence electrons. The Kier molecular flexibility index (Phi) is 5.61. The molecule has 0 bridgehead atoms. The zero-order valence-electron chi connectivity index (χ0n) is 17.4. The highest BCUT2D eigenvalue weighted by atomic mass is 19.1. The first kappa shape index (κ1) is 21.4. The van der Waals surface area contributed by atoms with Gasteiger partial charge in [-0.1, -0.05) is 12.1 Å². The smallest absolute Gasteiger partial charge is 0.314 e. The average Bonchev–Trinajstić information content (AvgIpc) is 3.04. The number of nitrogens with zero attached hydrogens (tertiary/aromatic N) is 1. The number of aromatic nitrogens is 1. The molecule has 3 aromatic rings. The lowest BCUT2D eigenvalue weighted by Gasteiger charge is -2.24. The van der Waals surface area contributed by atoms with Crippen molar-refractivity contribution < 1.29 is 27.9 Å². The first-order valence-electron chi connectivity index (χ1n) is 9.98. The third-order valence-electron chi connectivity index (χ3n) is 5.48. The molecule has 0 saturated carbocycles. The molecule has 2 heterocycles. The largest absolute Gasteiger partial charge is 0.457 e. The highest BCUT2D eigenvalue weighted by Crippen LogP contribution is 2.33. The van der Waals surface area contributed by atoms with Gasteiger partial charge in [-0.3, -0.25) is 14.4 Å². The Bertz CT molecular complexity index is 1250. The van der Waals surface area contributed by atoms with Crippen LogP contribution in [0, 0.1) is 25.5 Å². The van der Waals surface area contributed by atoms with E-state index in [1.165, 1.54) is 24.3 Å². The van der Waals surface area contributed by atoms with Gasteiger partial charge in [0.15, 0.2) is 6.61 Å². The fourth-order valence-electron chi connectivity index (χ4n) is 4.02. The normalized spacial score (nSPS) is 15.1. The van der Waals surface area contributed by atoms with Gasteiger partial charge in [0.1, 0.15) is 11.6 Å². The summed E-state index contributed by atoms with van der Waals surface area (Å²) in [5.74, 6) is -3.45. The molecule has 6 nitrogen and oxygen atoms in total. The maximum atomic E-state index is 13.6. The molecule has 1 atom stereocenters. The number of ether oxygens (including phenoxy) is 1. The van der Waals surface area contributed by atoms with Gasteiger partial charge in [0.2, 0.25) is 11.7 Å². The van der Waals surface area contributed by atoms with Crippen LogP contribution >= 0.6 is 0 Å². The number of halogens is 2. The Morgan fingerprint density at radius 1 is 1.09 bits per heavy atom. The van der Waals surface area contributed by atoms with E-state index in [0.29, 0.717) is 22.5 Å². The molecular weight excluding hydrogens is 418 g/mol. The quantitative estimate of drug-likeness (QED) is 0.478. The number of amides is 1.